The number of hydrogen-bond donors (Lipinski definition) is 2. The minimum Gasteiger partial charge on any atom is -0.463 e. The van der Waals surface area contributed by atoms with Crippen LogP contribution in [-0.4, -0.2) is 68.4 Å². The van der Waals surface area contributed by atoms with E-state index in [9.17, 15) is 32.3 Å². The van der Waals surface area contributed by atoms with Crippen LogP contribution in [0.4, 0.5) is 29.5 Å². The second kappa shape index (κ2) is 11.7. The highest BCUT2D eigenvalue weighted by Gasteiger charge is 2.51. The zero-order chi connectivity index (χ0) is 29.9. The average Bonchev–Trinajstić information content (AvgIpc) is 3.44. The van der Waals surface area contributed by atoms with Crippen molar-refractivity contribution >= 4 is 46.6 Å². The third-order valence-corrected chi connectivity index (χ3v) is 5.65. The van der Waals surface area contributed by atoms with E-state index in [-0.39, 0.29) is 29.3 Å². The SMILES string of the molecule is CC(=O)OC[C@H]1O[C@@H](n2cnc3c(NC(=O)Nc4cccc(C(F)(F)F)c4)ncnc32)[C@H](OC(C)=O)[C@@H]1OC(C)=O. The maximum atomic E-state index is 13.0. The summed E-state index contributed by atoms with van der Waals surface area (Å²) >= 11 is 0. The van der Waals surface area contributed by atoms with Crippen LogP contribution < -0.4 is 10.6 Å². The Morgan fingerprint density at radius 2 is 1.68 bits per heavy atom. The van der Waals surface area contributed by atoms with Crippen LogP contribution in [0.1, 0.15) is 32.6 Å². The summed E-state index contributed by atoms with van der Waals surface area (Å²) in [5.74, 6) is -2.15. The van der Waals surface area contributed by atoms with Crippen LogP contribution in [0.25, 0.3) is 11.2 Å². The van der Waals surface area contributed by atoms with E-state index in [2.05, 4.69) is 25.6 Å². The minimum absolute atomic E-state index is 0.0457. The molecule has 1 aliphatic rings. The number of esters is 3. The summed E-state index contributed by atoms with van der Waals surface area (Å²) in [7, 11) is 0. The molecule has 4 rings (SSSR count). The lowest BCUT2D eigenvalue weighted by Crippen LogP contribution is -2.40. The van der Waals surface area contributed by atoms with Crippen molar-refractivity contribution in [1.29, 1.82) is 0 Å². The van der Waals surface area contributed by atoms with E-state index in [1.54, 1.807) is 0 Å². The zero-order valence-electron chi connectivity index (χ0n) is 21.7. The Morgan fingerprint density at radius 3 is 2.34 bits per heavy atom. The van der Waals surface area contributed by atoms with E-state index in [0.717, 1.165) is 38.4 Å². The molecule has 1 aromatic carbocycles. The molecule has 0 radical (unpaired) electrons. The molecule has 41 heavy (non-hydrogen) atoms. The molecule has 17 heteroatoms. The molecule has 0 saturated carbocycles. The van der Waals surface area contributed by atoms with Gasteiger partial charge in [0.1, 0.15) is 19.0 Å². The summed E-state index contributed by atoms with van der Waals surface area (Å²) in [5, 5.41) is 4.70. The smallest absolute Gasteiger partial charge is 0.416 e. The quantitative estimate of drug-likeness (QED) is 0.311. The molecule has 3 aromatic rings. The molecule has 0 aliphatic carbocycles. The van der Waals surface area contributed by atoms with Crippen molar-refractivity contribution in [3.63, 3.8) is 0 Å². The number of ether oxygens (including phenoxy) is 4. The molecule has 1 saturated heterocycles. The Labute approximate surface area is 229 Å². The van der Waals surface area contributed by atoms with Gasteiger partial charge in [0.25, 0.3) is 0 Å². The van der Waals surface area contributed by atoms with Crippen molar-refractivity contribution in [3.05, 3.63) is 42.5 Å². The van der Waals surface area contributed by atoms with Crippen molar-refractivity contribution in [3.8, 4) is 0 Å². The number of amides is 2. The maximum absolute atomic E-state index is 13.0. The third kappa shape index (κ3) is 6.86. The van der Waals surface area contributed by atoms with Gasteiger partial charge < -0.3 is 24.3 Å². The van der Waals surface area contributed by atoms with Gasteiger partial charge in [-0.15, -0.1) is 0 Å². The van der Waals surface area contributed by atoms with Gasteiger partial charge in [0.05, 0.1) is 11.9 Å². The fourth-order valence-corrected chi connectivity index (χ4v) is 4.09. The molecule has 3 heterocycles. The first-order chi connectivity index (χ1) is 19.3. The molecular weight excluding hydrogens is 557 g/mol. The number of rotatable bonds is 7. The molecule has 2 N–H and O–H groups in total. The third-order valence-electron chi connectivity index (χ3n) is 5.65. The summed E-state index contributed by atoms with van der Waals surface area (Å²) < 4.78 is 62.1. The van der Waals surface area contributed by atoms with Crippen LogP contribution in [0.3, 0.4) is 0 Å². The highest BCUT2D eigenvalue weighted by Crippen LogP contribution is 2.36. The predicted molar refractivity (Wildman–Crippen MR) is 131 cm³/mol. The van der Waals surface area contributed by atoms with Crippen molar-refractivity contribution in [2.45, 2.75) is 51.5 Å². The Balaban J connectivity index is 1.61. The van der Waals surface area contributed by atoms with Gasteiger partial charge in [0.2, 0.25) is 0 Å². The molecule has 0 bridgehead atoms. The Morgan fingerprint density at radius 1 is 0.976 bits per heavy atom. The number of nitrogens with zero attached hydrogens (tertiary/aromatic N) is 4. The number of fused-ring (bicyclic) bond motifs is 1. The number of hydrogen-bond acceptors (Lipinski definition) is 11. The molecule has 1 fully saturated rings. The first kappa shape index (κ1) is 29.2. The number of benzene rings is 1. The molecule has 0 spiro atoms. The van der Waals surface area contributed by atoms with Crippen molar-refractivity contribution in [2.24, 2.45) is 0 Å². The number of carbonyl (C=O) groups excluding carboxylic acids is 4. The predicted octanol–water partition coefficient (Wildman–Crippen LogP) is 2.81. The second-order valence-corrected chi connectivity index (χ2v) is 8.72. The van der Waals surface area contributed by atoms with E-state index < -0.39 is 60.2 Å². The molecule has 2 aromatic heterocycles. The summed E-state index contributed by atoms with van der Waals surface area (Å²) in [6, 6.07) is 3.13. The summed E-state index contributed by atoms with van der Waals surface area (Å²) in [5.41, 5.74) is -0.931. The van der Waals surface area contributed by atoms with Crippen LogP contribution in [-0.2, 0) is 39.5 Å². The molecule has 1 aliphatic heterocycles. The number of carbonyl (C=O) groups is 4. The van der Waals surface area contributed by atoms with Gasteiger partial charge in [-0.05, 0) is 18.2 Å². The lowest BCUT2D eigenvalue weighted by Gasteiger charge is -2.23. The first-order valence-electron chi connectivity index (χ1n) is 11.9. The van der Waals surface area contributed by atoms with Crippen LogP contribution in [0.5, 0.6) is 0 Å². The molecule has 0 unspecified atom stereocenters. The van der Waals surface area contributed by atoms with Crippen molar-refractivity contribution in [2.75, 3.05) is 17.2 Å². The van der Waals surface area contributed by atoms with Crippen LogP contribution in [0.15, 0.2) is 36.9 Å². The topological polar surface area (TPSA) is 173 Å². The van der Waals surface area contributed by atoms with Crippen molar-refractivity contribution in [1.82, 2.24) is 19.5 Å². The molecule has 4 atom stereocenters. The summed E-state index contributed by atoms with van der Waals surface area (Å²) in [6.07, 6.45) is -6.87. The summed E-state index contributed by atoms with van der Waals surface area (Å²) in [4.78, 5) is 60.0. The largest absolute Gasteiger partial charge is 0.463 e. The van der Waals surface area contributed by atoms with E-state index in [0.29, 0.717) is 0 Å². The Bertz CT molecular complexity index is 1480. The highest BCUT2D eigenvalue weighted by molar-refractivity contribution is 6.03. The van der Waals surface area contributed by atoms with Gasteiger partial charge in [-0.2, -0.15) is 13.2 Å². The highest BCUT2D eigenvalue weighted by atomic mass is 19.4. The number of imidazole rings is 1. The van der Waals surface area contributed by atoms with E-state index in [1.807, 2.05) is 0 Å². The number of aromatic nitrogens is 4. The fourth-order valence-electron chi connectivity index (χ4n) is 4.09. The monoisotopic (exact) mass is 580 g/mol. The van der Waals surface area contributed by atoms with E-state index in [4.69, 9.17) is 18.9 Å². The van der Waals surface area contributed by atoms with Crippen LogP contribution in [0, 0.1) is 0 Å². The number of anilines is 2. The number of nitrogens with one attached hydrogen (secondary N) is 2. The molecule has 218 valence electrons. The molecule has 14 nitrogen and oxygen atoms in total. The van der Waals surface area contributed by atoms with Gasteiger partial charge in [0.15, 0.2) is 35.4 Å². The second-order valence-electron chi connectivity index (χ2n) is 8.72. The van der Waals surface area contributed by atoms with E-state index in [1.165, 1.54) is 23.9 Å². The van der Waals surface area contributed by atoms with Gasteiger partial charge in [0, 0.05) is 26.5 Å². The lowest BCUT2D eigenvalue weighted by molar-refractivity contribution is -0.166. The Kier molecular flexibility index (Phi) is 8.36. The van der Waals surface area contributed by atoms with Crippen molar-refractivity contribution < 1.29 is 51.3 Å². The van der Waals surface area contributed by atoms with Crippen LogP contribution >= 0.6 is 0 Å². The van der Waals surface area contributed by atoms with E-state index >= 15 is 0 Å². The summed E-state index contributed by atoms with van der Waals surface area (Å²) in [6.45, 7) is 3.13. The average molecular weight is 580 g/mol. The maximum Gasteiger partial charge on any atom is 0.416 e. The standard InChI is InChI=1S/C24H23F3N6O8/c1-11(34)38-8-16-18(39-12(2)35)19(40-13(3)36)22(41-16)33-10-30-17-20(28-9-29-21(17)33)32-23(37)31-15-6-4-5-14(7-15)24(25,26)27/h4-7,9-10,16,18-19,22H,8H2,1-3H3,(H2,28,29,31,32,37)/t16-,18-,19-,22-/m1/s1. The first-order valence-corrected chi connectivity index (χ1v) is 11.9. The molecular formula is C24H23F3N6O8. The van der Waals surface area contributed by atoms with Gasteiger partial charge in [-0.25, -0.2) is 19.7 Å². The van der Waals surface area contributed by atoms with Gasteiger partial charge >= 0.3 is 30.1 Å². The number of alkyl halides is 3. The Hall–Kier alpha value is -4.80. The van der Waals surface area contributed by atoms with Gasteiger partial charge in [-0.1, -0.05) is 6.07 Å². The lowest BCUT2D eigenvalue weighted by atomic mass is 10.1. The molecule has 2 amide bonds. The van der Waals surface area contributed by atoms with Gasteiger partial charge in [-0.3, -0.25) is 24.3 Å². The zero-order valence-corrected chi connectivity index (χ0v) is 21.7. The number of halogens is 3. The normalized spacial score (nSPS) is 20.3. The fraction of sp³-hybridized carbons (Fsp3) is 0.375. The number of urea groups is 1. The van der Waals surface area contributed by atoms with Crippen LogP contribution in [0.2, 0.25) is 0 Å². The minimum atomic E-state index is -4.60.